The minimum absolute atomic E-state index is 0.0136. The number of amides is 1. The summed E-state index contributed by atoms with van der Waals surface area (Å²) >= 11 is 1.53. The number of carbonyl (C=O) groups excluding carboxylic acids is 1. The van der Waals surface area contributed by atoms with Gasteiger partial charge in [-0.2, -0.15) is 5.26 Å². The highest BCUT2D eigenvalue weighted by Crippen LogP contribution is 2.14. The van der Waals surface area contributed by atoms with E-state index in [9.17, 15) is 4.79 Å². The van der Waals surface area contributed by atoms with Crippen LogP contribution in [0.3, 0.4) is 0 Å². The highest BCUT2D eigenvalue weighted by molar-refractivity contribution is 7.99. The Labute approximate surface area is 129 Å². The number of carbonyl (C=O) groups is 1. The van der Waals surface area contributed by atoms with E-state index in [0.717, 1.165) is 17.0 Å². The van der Waals surface area contributed by atoms with Gasteiger partial charge in [-0.05, 0) is 36.8 Å². The van der Waals surface area contributed by atoms with Gasteiger partial charge in [-0.25, -0.2) is 0 Å². The molecule has 0 saturated carbocycles. The Kier molecular flexibility index (Phi) is 5.42. The predicted octanol–water partition coefficient (Wildman–Crippen LogP) is 3.74. The van der Waals surface area contributed by atoms with E-state index in [1.165, 1.54) is 17.3 Å². The number of rotatable bonds is 5. The molecular formula is C17H16N2OS. The maximum atomic E-state index is 11.8. The van der Waals surface area contributed by atoms with Crippen molar-refractivity contribution in [3.63, 3.8) is 0 Å². The predicted molar refractivity (Wildman–Crippen MR) is 87.1 cm³/mol. The molecule has 21 heavy (non-hydrogen) atoms. The minimum atomic E-state index is -0.0136. The lowest BCUT2D eigenvalue weighted by molar-refractivity contribution is -0.113. The van der Waals surface area contributed by atoms with Gasteiger partial charge < -0.3 is 5.32 Å². The summed E-state index contributed by atoms with van der Waals surface area (Å²) in [5.41, 5.74) is 3.69. The summed E-state index contributed by atoms with van der Waals surface area (Å²) in [6.07, 6.45) is 0. The standard InChI is InChI=1S/C17H16N2OS/c1-13-5-7-16(8-6-13)19-17(20)12-21-11-15-4-2-3-14(9-15)10-18/h2-9H,11-12H2,1H3,(H,19,20). The molecule has 1 N–H and O–H groups in total. The number of benzene rings is 2. The lowest BCUT2D eigenvalue weighted by atomic mass is 10.2. The van der Waals surface area contributed by atoms with Crippen molar-refractivity contribution in [1.82, 2.24) is 0 Å². The number of hydrogen-bond acceptors (Lipinski definition) is 3. The van der Waals surface area contributed by atoms with E-state index in [4.69, 9.17) is 5.26 Å². The number of nitrogens with zero attached hydrogens (tertiary/aromatic N) is 1. The fraction of sp³-hybridized carbons (Fsp3) is 0.176. The zero-order chi connectivity index (χ0) is 15.1. The summed E-state index contributed by atoms with van der Waals surface area (Å²) in [7, 11) is 0. The first kappa shape index (κ1) is 15.1. The second-order valence-corrected chi connectivity index (χ2v) is 5.70. The van der Waals surface area contributed by atoms with Crippen molar-refractivity contribution in [2.45, 2.75) is 12.7 Å². The van der Waals surface area contributed by atoms with Crippen LogP contribution in [0.4, 0.5) is 5.69 Å². The van der Waals surface area contributed by atoms with E-state index < -0.39 is 0 Å². The second kappa shape index (κ2) is 7.51. The van der Waals surface area contributed by atoms with Crippen molar-refractivity contribution < 1.29 is 4.79 Å². The first-order valence-electron chi connectivity index (χ1n) is 6.60. The average molecular weight is 296 g/mol. The molecule has 0 aromatic heterocycles. The van der Waals surface area contributed by atoms with Crippen LogP contribution in [0.1, 0.15) is 16.7 Å². The van der Waals surface area contributed by atoms with Gasteiger partial charge in [-0.1, -0.05) is 29.8 Å². The molecule has 0 atom stereocenters. The first-order chi connectivity index (χ1) is 10.2. The Balaban J connectivity index is 1.79. The van der Waals surface area contributed by atoms with Crippen LogP contribution in [0.15, 0.2) is 48.5 Å². The Morgan fingerprint density at radius 1 is 1.24 bits per heavy atom. The van der Waals surface area contributed by atoms with Crippen molar-refractivity contribution in [2.75, 3.05) is 11.1 Å². The molecule has 0 aliphatic rings. The number of anilines is 1. The molecule has 0 unspecified atom stereocenters. The molecule has 2 aromatic carbocycles. The van der Waals surface area contributed by atoms with Crippen LogP contribution < -0.4 is 5.32 Å². The average Bonchev–Trinajstić information content (AvgIpc) is 2.50. The van der Waals surface area contributed by atoms with Gasteiger partial charge in [0.2, 0.25) is 5.91 Å². The van der Waals surface area contributed by atoms with Crippen LogP contribution in [0.2, 0.25) is 0 Å². The van der Waals surface area contributed by atoms with Crippen LogP contribution in [-0.2, 0) is 10.5 Å². The van der Waals surface area contributed by atoms with Gasteiger partial charge in [0, 0.05) is 11.4 Å². The van der Waals surface area contributed by atoms with E-state index >= 15 is 0 Å². The van der Waals surface area contributed by atoms with E-state index in [1.54, 1.807) is 6.07 Å². The Hall–Kier alpha value is -2.25. The third-order valence-electron chi connectivity index (χ3n) is 2.89. The van der Waals surface area contributed by atoms with Crippen molar-refractivity contribution in [3.8, 4) is 6.07 Å². The molecule has 0 aliphatic heterocycles. The second-order valence-electron chi connectivity index (χ2n) is 4.72. The van der Waals surface area contributed by atoms with Crippen molar-refractivity contribution in [2.24, 2.45) is 0 Å². The molecule has 0 radical (unpaired) electrons. The van der Waals surface area contributed by atoms with Gasteiger partial charge in [0.05, 0.1) is 17.4 Å². The topological polar surface area (TPSA) is 52.9 Å². The van der Waals surface area contributed by atoms with E-state index in [-0.39, 0.29) is 5.91 Å². The smallest absolute Gasteiger partial charge is 0.234 e. The van der Waals surface area contributed by atoms with Crippen LogP contribution in [0, 0.1) is 18.3 Å². The molecule has 0 spiro atoms. The lowest BCUT2D eigenvalue weighted by Crippen LogP contribution is -2.14. The summed E-state index contributed by atoms with van der Waals surface area (Å²) in [5, 5.41) is 11.7. The van der Waals surface area contributed by atoms with Gasteiger partial charge >= 0.3 is 0 Å². The normalized spacial score (nSPS) is 9.90. The van der Waals surface area contributed by atoms with E-state index in [2.05, 4.69) is 11.4 Å². The quantitative estimate of drug-likeness (QED) is 0.914. The number of hydrogen-bond donors (Lipinski definition) is 1. The molecule has 4 heteroatoms. The molecule has 2 rings (SSSR count). The molecule has 0 aliphatic carbocycles. The van der Waals surface area contributed by atoms with Crippen LogP contribution in [-0.4, -0.2) is 11.7 Å². The Bertz CT molecular complexity index is 659. The third-order valence-corrected chi connectivity index (χ3v) is 3.90. The minimum Gasteiger partial charge on any atom is -0.325 e. The highest BCUT2D eigenvalue weighted by atomic mass is 32.2. The number of aryl methyl sites for hydroxylation is 1. The first-order valence-corrected chi connectivity index (χ1v) is 7.76. The molecule has 0 fully saturated rings. The van der Waals surface area contributed by atoms with Gasteiger partial charge in [0.15, 0.2) is 0 Å². The number of thioether (sulfide) groups is 1. The van der Waals surface area contributed by atoms with Crippen LogP contribution in [0.5, 0.6) is 0 Å². The monoisotopic (exact) mass is 296 g/mol. The maximum Gasteiger partial charge on any atom is 0.234 e. The fourth-order valence-corrected chi connectivity index (χ4v) is 2.60. The molecule has 0 bridgehead atoms. The molecule has 0 heterocycles. The van der Waals surface area contributed by atoms with Gasteiger partial charge in [0.25, 0.3) is 0 Å². The van der Waals surface area contributed by atoms with Crippen LogP contribution >= 0.6 is 11.8 Å². The fourth-order valence-electron chi connectivity index (χ4n) is 1.83. The number of nitriles is 1. The summed E-state index contributed by atoms with van der Waals surface area (Å²) < 4.78 is 0. The largest absolute Gasteiger partial charge is 0.325 e. The van der Waals surface area contributed by atoms with E-state index in [0.29, 0.717) is 11.3 Å². The summed E-state index contributed by atoms with van der Waals surface area (Å²) in [5.74, 6) is 1.10. The van der Waals surface area contributed by atoms with Gasteiger partial charge in [-0.3, -0.25) is 4.79 Å². The zero-order valence-corrected chi connectivity index (χ0v) is 12.6. The number of nitrogens with one attached hydrogen (secondary N) is 1. The Morgan fingerprint density at radius 2 is 2.00 bits per heavy atom. The summed E-state index contributed by atoms with van der Waals surface area (Å²) in [6.45, 7) is 2.01. The van der Waals surface area contributed by atoms with Crippen molar-refractivity contribution in [1.29, 1.82) is 5.26 Å². The highest BCUT2D eigenvalue weighted by Gasteiger charge is 2.03. The van der Waals surface area contributed by atoms with Crippen LogP contribution in [0.25, 0.3) is 0 Å². The third kappa shape index (κ3) is 4.97. The van der Waals surface area contributed by atoms with Gasteiger partial charge in [-0.15, -0.1) is 11.8 Å². The molecular weight excluding hydrogens is 280 g/mol. The lowest BCUT2D eigenvalue weighted by Gasteiger charge is -2.06. The van der Waals surface area contributed by atoms with Crippen molar-refractivity contribution >= 4 is 23.4 Å². The Morgan fingerprint density at radius 3 is 2.71 bits per heavy atom. The van der Waals surface area contributed by atoms with Crippen molar-refractivity contribution in [3.05, 3.63) is 65.2 Å². The SMILES string of the molecule is Cc1ccc(NC(=O)CSCc2cccc(C#N)c2)cc1. The molecule has 106 valence electrons. The molecule has 3 nitrogen and oxygen atoms in total. The van der Waals surface area contributed by atoms with Gasteiger partial charge in [0.1, 0.15) is 0 Å². The summed E-state index contributed by atoms with van der Waals surface area (Å²) in [6, 6.07) is 17.3. The molecule has 2 aromatic rings. The maximum absolute atomic E-state index is 11.8. The zero-order valence-electron chi connectivity index (χ0n) is 11.8. The molecule has 1 amide bonds. The van der Waals surface area contributed by atoms with E-state index in [1.807, 2.05) is 49.4 Å². The molecule has 0 saturated heterocycles. The summed E-state index contributed by atoms with van der Waals surface area (Å²) in [4.78, 5) is 11.8.